The Bertz CT molecular complexity index is 466. The summed E-state index contributed by atoms with van der Waals surface area (Å²) in [6.07, 6.45) is 0.802. The number of nitrogens with zero attached hydrogens (tertiary/aromatic N) is 1. The van der Waals surface area contributed by atoms with Crippen molar-refractivity contribution in [2.24, 2.45) is 0 Å². The molecule has 17 heavy (non-hydrogen) atoms. The van der Waals surface area contributed by atoms with Crippen molar-refractivity contribution in [1.29, 1.82) is 0 Å². The summed E-state index contributed by atoms with van der Waals surface area (Å²) in [6.45, 7) is 0.429. The summed E-state index contributed by atoms with van der Waals surface area (Å²) in [6, 6.07) is 0. The standard InChI is InChI=1S/C10H13N3O4/c1-13(2)4-6-9(14)12-7-5(17-6)3-11-8(7)10(15)16/h3,6,11H,4H2,1-2H3,(H,12,14)(H,15,16). The highest BCUT2D eigenvalue weighted by atomic mass is 16.5. The van der Waals surface area contributed by atoms with Crippen molar-refractivity contribution >= 4 is 17.6 Å². The average Bonchev–Trinajstić information content (AvgIpc) is 2.60. The first kappa shape index (κ1) is 11.5. The third-order valence-electron chi connectivity index (χ3n) is 2.40. The number of likely N-dealkylation sites (N-methyl/N-ethyl adjacent to an activating group) is 1. The van der Waals surface area contributed by atoms with E-state index in [1.807, 2.05) is 19.0 Å². The van der Waals surface area contributed by atoms with Crippen molar-refractivity contribution < 1.29 is 19.4 Å². The van der Waals surface area contributed by atoms with Gasteiger partial charge in [-0.15, -0.1) is 0 Å². The molecule has 1 aromatic heterocycles. The molecular weight excluding hydrogens is 226 g/mol. The molecule has 0 aliphatic carbocycles. The summed E-state index contributed by atoms with van der Waals surface area (Å²) in [5, 5.41) is 11.4. The number of carboxylic acid groups (broad SMARTS) is 1. The van der Waals surface area contributed by atoms with E-state index in [1.165, 1.54) is 6.20 Å². The molecule has 0 saturated carbocycles. The van der Waals surface area contributed by atoms with Crippen LogP contribution in [0.1, 0.15) is 10.5 Å². The van der Waals surface area contributed by atoms with Gasteiger partial charge in [0.05, 0.1) is 0 Å². The van der Waals surface area contributed by atoms with Crippen LogP contribution in [0.3, 0.4) is 0 Å². The second kappa shape index (κ2) is 4.10. The number of carbonyl (C=O) groups is 2. The highest BCUT2D eigenvalue weighted by Crippen LogP contribution is 2.32. The fourth-order valence-electron chi connectivity index (χ4n) is 1.65. The van der Waals surface area contributed by atoms with Crippen molar-refractivity contribution in [1.82, 2.24) is 9.88 Å². The van der Waals surface area contributed by atoms with Crippen LogP contribution >= 0.6 is 0 Å². The SMILES string of the molecule is CN(C)CC1Oc2c[nH]c(C(=O)O)c2NC1=O. The van der Waals surface area contributed by atoms with Gasteiger partial charge in [0.25, 0.3) is 5.91 Å². The minimum atomic E-state index is -1.14. The molecule has 1 aliphatic rings. The summed E-state index contributed by atoms with van der Waals surface area (Å²) in [7, 11) is 3.65. The predicted octanol–water partition coefficient (Wildman–Crippen LogP) is -0.0260. The molecule has 2 rings (SSSR count). The smallest absolute Gasteiger partial charge is 0.354 e. The number of hydrogen-bond donors (Lipinski definition) is 3. The van der Waals surface area contributed by atoms with Crippen LogP contribution in [-0.2, 0) is 4.79 Å². The number of aromatic nitrogens is 1. The fourth-order valence-corrected chi connectivity index (χ4v) is 1.65. The number of rotatable bonds is 3. The minimum Gasteiger partial charge on any atom is -0.477 e. The Balaban J connectivity index is 2.25. The number of carboxylic acids is 1. The Kier molecular flexibility index (Phi) is 2.76. The highest BCUT2D eigenvalue weighted by Gasteiger charge is 2.32. The number of ether oxygens (including phenoxy) is 1. The van der Waals surface area contributed by atoms with Crippen LogP contribution < -0.4 is 10.1 Å². The van der Waals surface area contributed by atoms with E-state index in [9.17, 15) is 9.59 Å². The molecular formula is C10H13N3O4. The van der Waals surface area contributed by atoms with Crippen molar-refractivity contribution in [3.05, 3.63) is 11.9 Å². The molecule has 0 aromatic carbocycles. The van der Waals surface area contributed by atoms with Gasteiger partial charge in [-0.1, -0.05) is 0 Å². The molecule has 0 saturated heterocycles. The van der Waals surface area contributed by atoms with Gasteiger partial charge in [0.2, 0.25) is 0 Å². The van der Waals surface area contributed by atoms with Gasteiger partial charge < -0.3 is 25.0 Å². The lowest BCUT2D eigenvalue weighted by molar-refractivity contribution is -0.124. The van der Waals surface area contributed by atoms with Crippen LogP contribution in [0.4, 0.5) is 5.69 Å². The topological polar surface area (TPSA) is 94.7 Å². The Morgan fingerprint density at radius 3 is 2.88 bits per heavy atom. The second-order valence-electron chi connectivity index (χ2n) is 4.07. The van der Waals surface area contributed by atoms with E-state index in [0.717, 1.165) is 0 Å². The van der Waals surface area contributed by atoms with Gasteiger partial charge >= 0.3 is 5.97 Å². The molecule has 1 atom stereocenters. The van der Waals surface area contributed by atoms with Crippen LogP contribution in [0.2, 0.25) is 0 Å². The van der Waals surface area contributed by atoms with Gasteiger partial charge in [0, 0.05) is 12.7 Å². The minimum absolute atomic E-state index is 0.0725. The third-order valence-corrected chi connectivity index (χ3v) is 2.40. The lowest BCUT2D eigenvalue weighted by Gasteiger charge is -2.25. The fraction of sp³-hybridized carbons (Fsp3) is 0.400. The first-order chi connectivity index (χ1) is 7.99. The van der Waals surface area contributed by atoms with Crippen LogP contribution in [0.15, 0.2) is 6.20 Å². The quantitative estimate of drug-likeness (QED) is 0.688. The number of nitrogens with one attached hydrogen (secondary N) is 2. The molecule has 92 valence electrons. The van der Waals surface area contributed by atoms with E-state index in [4.69, 9.17) is 9.84 Å². The van der Waals surface area contributed by atoms with Gasteiger partial charge in [0.15, 0.2) is 17.5 Å². The lowest BCUT2D eigenvalue weighted by atomic mass is 10.2. The average molecular weight is 239 g/mol. The zero-order valence-corrected chi connectivity index (χ0v) is 9.48. The van der Waals surface area contributed by atoms with E-state index < -0.39 is 12.1 Å². The van der Waals surface area contributed by atoms with Crippen molar-refractivity contribution in [2.75, 3.05) is 26.0 Å². The number of anilines is 1. The lowest BCUT2D eigenvalue weighted by Crippen LogP contribution is -2.43. The highest BCUT2D eigenvalue weighted by molar-refractivity contribution is 6.04. The maximum atomic E-state index is 11.7. The zero-order valence-electron chi connectivity index (χ0n) is 9.48. The maximum absolute atomic E-state index is 11.7. The molecule has 0 radical (unpaired) electrons. The first-order valence-corrected chi connectivity index (χ1v) is 5.06. The van der Waals surface area contributed by atoms with Gasteiger partial charge in [-0.25, -0.2) is 4.79 Å². The summed E-state index contributed by atoms with van der Waals surface area (Å²) in [4.78, 5) is 26.9. The summed E-state index contributed by atoms with van der Waals surface area (Å²) in [5.74, 6) is -1.12. The Morgan fingerprint density at radius 2 is 2.29 bits per heavy atom. The van der Waals surface area contributed by atoms with E-state index >= 15 is 0 Å². The van der Waals surface area contributed by atoms with E-state index in [-0.39, 0.29) is 17.3 Å². The van der Waals surface area contributed by atoms with Crippen LogP contribution in [0, 0.1) is 0 Å². The van der Waals surface area contributed by atoms with Crippen molar-refractivity contribution in [3.8, 4) is 5.75 Å². The number of amides is 1. The van der Waals surface area contributed by atoms with Crippen LogP contribution in [-0.4, -0.2) is 53.6 Å². The van der Waals surface area contributed by atoms with Crippen molar-refractivity contribution in [2.45, 2.75) is 6.10 Å². The van der Waals surface area contributed by atoms with E-state index in [1.54, 1.807) is 0 Å². The Hall–Kier alpha value is -2.02. The monoisotopic (exact) mass is 239 g/mol. The summed E-state index contributed by atoms with van der Waals surface area (Å²) in [5.41, 5.74) is 0.120. The number of hydrogen-bond acceptors (Lipinski definition) is 4. The second-order valence-corrected chi connectivity index (χ2v) is 4.07. The van der Waals surface area contributed by atoms with Gasteiger partial charge in [-0.05, 0) is 14.1 Å². The predicted molar refractivity (Wildman–Crippen MR) is 59.4 cm³/mol. The van der Waals surface area contributed by atoms with Crippen molar-refractivity contribution in [3.63, 3.8) is 0 Å². The van der Waals surface area contributed by atoms with Gasteiger partial charge in [-0.3, -0.25) is 4.79 Å². The molecule has 0 spiro atoms. The van der Waals surface area contributed by atoms with E-state index in [2.05, 4.69) is 10.3 Å². The number of H-pyrrole nitrogens is 1. The van der Waals surface area contributed by atoms with Crippen LogP contribution in [0.25, 0.3) is 0 Å². The largest absolute Gasteiger partial charge is 0.477 e. The molecule has 0 fully saturated rings. The normalized spacial score (nSPS) is 18.5. The molecule has 7 heteroatoms. The molecule has 1 aromatic rings. The molecule has 2 heterocycles. The molecule has 3 N–H and O–H groups in total. The molecule has 0 bridgehead atoms. The summed E-state index contributed by atoms with van der Waals surface area (Å²) < 4.78 is 5.44. The Morgan fingerprint density at radius 1 is 1.59 bits per heavy atom. The van der Waals surface area contributed by atoms with E-state index in [0.29, 0.717) is 12.3 Å². The molecule has 1 unspecified atom stereocenters. The van der Waals surface area contributed by atoms with Gasteiger partial charge in [-0.2, -0.15) is 0 Å². The zero-order chi connectivity index (χ0) is 12.6. The number of aromatic amines is 1. The Labute approximate surface area is 97.4 Å². The molecule has 1 amide bonds. The number of aromatic carboxylic acids is 1. The molecule has 7 nitrogen and oxygen atoms in total. The van der Waals surface area contributed by atoms with Crippen LogP contribution in [0.5, 0.6) is 5.75 Å². The number of fused-ring (bicyclic) bond motifs is 1. The third kappa shape index (κ3) is 2.09. The molecule has 1 aliphatic heterocycles. The summed E-state index contributed by atoms with van der Waals surface area (Å²) >= 11 is 0. The maximum Gasteiger partial charge on any atom is 0.354 e. The number of carbonyl (C=O) groups excluding carboxylic acids is 1. The first-order valence-electron chi connectivity index (χ1n) is 5.06. The van der Waals surface area contributed by atoms with Gasteiger partial charge in [0.1, 0.15) is 5.69 Å².